The molecule has 1 aliphatic heterocycles. The van der Waals surface area contributed by atoms with E-state index < -0.39 is 0 Å². The molecule has 0 saturated heterocycles. The molecule has 1 fully saturated rings. The number of methoxy groups -OCH3 is 1. The maximum absolute atomic E-state index is 12.8. The second kappa shape index (κ2) is 11.5. The smallest absolute Gasteiger partial charge is 0.254 e. The Labute approximate surface area is 210 Å². The topological polar surface area (TPSA) is 131 Å². The Balaban J connectivity index is 1.62. The van der Waals surface area contributed by atoms with Gasteiger partial charge in [-0.3, -0.25) is 9.59 Å². The zero-order valence-electron chi connectivity index (χ0n) is 20.8. The highest BCUT2D eigenvalue weighted by Crippen LogP contribution is 2.37. The van der Waals surface area contributed by atoms with Crippen LogP contribution < -0.4 is 19.9 Å². The van der Waals surface area contributed by atoms with Gasteiger partial charge in [0.15, 0.2) is 5.82 Å². The summed E-state index contributed by atoms with van der Waals surface area (Å²) in [7, 11) is 3.26. The Bertz CT molecular complexity index is 1080. The lowest BCUT2D eigenvalue weighted by Crippen LogP contribution is -2.35. The summed E-state index contributed by atoms with van der Waals surface area (Å²) < 4.78 is 5.52. The van der Waals surface area contributed by atoms with Gasteiger partial charge in [0.05, 0.1) is 32.2 Å². The standard InChI is InChI=1S/C25H34N6O5/c1-29-20-16-26-25(28-23(20)31(10-9-22(29)34)18-5-3-4-6-18)27-19-8-7-17(15-21(19)36-2)24(35)30(11-13-32)12-14-33/h7-8,15-16,18,32-33H,3-6,9-14H2,1-2H3,(H,26,27,28). The summed E-state index contributed by atoms with van der Waals surface area (Å²) in [6.07, 6.45) is 6.61. The number of hydrogen-bond donors (Lipinski definition) is 3. The molecule has 11 nitrogen and oxygen atoms in total. The number of aromatic nitrogens is 2. The summed E-state index contributed by atoms with van der Waals surface area (Å²) in [5.41, 5.74) is 1.64. The first-order valence-electron chi connectivity index (χ1n) is 12.3. The number of aliphatic hydroxyl groups excluding tert-OH is 2. The summed E-state index contributed by atoms with van der Waals surface area (Å²) >= 11 is 0. The monoisotopic (exact) mass is 498 g/mol. The highest BCUT2D eigenvalue weighted by Gasteiger charge is 2.31. The number of benzene rings is 1. The lowest BCUT2D eigenvalue weighted by molar-refractivity contribution is -0.118. The molecule has 1 saturated carbocycles. The van der Waals surface area contributed by atoms with Gasteiger partial charge in [-0.15, -0.1) is 0 Å². The van der Waals surface area contributed by atoms with Gasteiger partial charge in [-0.05, 0) is 31.0 Å². The minimum absolute atomic E-state index is 0.0411. The number of nitrogens with one attached hydrogen (secondary N) is 1. The molecule has 1 aromatic heterocycles. The van der Waals surface area contributed by atoms with Crippen molar-refractivity contribution in [3.63, 3.8) is 0 Å². The van der Waals surface area contributed by atoms with Crippen LogP contribution in [0, 0.1) is 0 Å². The van der Waals surface area contributed by atoms with E-state index >= 15 is 0 Å². The van der Waals surface area contributed by atoms with Crippen LogP contribution in [-0.4, -0.2) is 89.9 Å². The van der Waals surface area contributed by atoms with Crippen molar-refractivity contribution < 1.29 is 24.5 Å². The van der Waals surface area contributed by atoms with Crippen LogP contribution in [0.2, 0.25) is 0 Å². The van der Waals surface area contributed by atoms with Gasteiger partial charge in [-0.1, -0.05) is 12.8 Å². The molecule has 2 amide bonds. The van der Waals surface area contributed by atoms with Crippen LogP contribution >= 0.6 is 0 Å². The van der Waals surface area contributed by atoms with Gasteiger partial charge in [0.25, 0.3) is 5.91 Å². The van der Waals surface area contributed by atoms with E-state index in [0.717, 1.165) is 18.7 Å². The number of carbonyl (C=O) groups is 2. The molecular weight excluding hydrogens is 464 g/mol. The number of nitrogens with zero attached hydrogens (tertiary/aromatic N) is 5. The van der Waals surface area contributed by atoms with E-state index in [-0.39, 0.29) is 38.1 Å². The molecule has 2 heterocycles. The van der Waals surface area contributed by atoms with Crippen molar-refractivity contribution in [2.75, 3.05) is 62.1 Å². The largest absolute Gasteiger partial charge is 0.495 e. The maximum atomic E-state index is 12.8. The molecule has 1 aliphatic carbocycles. The second-order valence-electron chi connectivity index (χ2n) is 9.02. The average molecular weight is 499 g/mol. The number of rotatable bonds is 9. The minimum atomic E-state index is -0.316. The van der Waals surface area contributed by atoms with Crippen LogP contribution in [-0.2, 0) is 4.79 Å². The van der Waals surface area contributed by atoms with Crippen molar-refractivity contribution in [2.45, 2.75) is 38.1 Å². The molecule has 0 bridgehead atoms. The molecule has 36 heavy (non-hydrogen) atoms. The normalized spacial score (nSPS) is 16.1. The van der Waals surface area contributed by atoms with Gasteiger partial charge in [0.1, 0.15) is 11.4 Å². The van der Waals surface area contributed by atoms with Crippen LogP contribution in [0.1, 0.15) is 42.5 Å². The Hall–Kier alpha value is -3.44. The first-order chi connectivity index (χ1) is 17.5. The van der Waals surface area contributed by atoms with Crippen molar-refractivity contribution in [1.82, 2.24) is 14.9 Å². The molecule has 2 aromatic rings. The molecule has 2 aliphatic rings. The summed E-state index contributed by atoms with van der Waals surface area (Å²) in [6, 6.07) is 5.32. The molecule has 11 heteroatoms. The summed E-state index contributed by atoms with van der Waals surface area (Å²) in [6.45, 7) is 0.474. The first-order valence-corrected chi connectivity index (χ1v) is 12.3. The molecular formula is C25H34N6O5. The van der Waals surface area contributed by atoms with Gasteiger partial charge in [-0.2, -0.15) is 4.98 Å². The fourth-order valence-corrected chi connectivity index (χ4v) is 4.86. The van der Waals surface area contributed by atoms with Crippen molar-refractivity contribution >= 4 is 35.0 Å². The van der Waals surface area contributed by atoms with E-state index in [0.29, 0.717) is 47.6 Å². The van der Waals surface area contributed by atoms with Gasteiger partial charge >= 0.3 is 0 Å². The van der Waals surface area contributed by atoms with Crippen LogP contribution in [0.5, 0.6) is 5.75 Å². The number of fused-ring (bicyclic) bond motifs is 1. The molecule has 0 unspecified atom stereocenters. The summed E-state index contributed by atoms with van der Waals surface area (Å²) in [4.78, 5) is 39.9. The van der Waals surface area contributed by atoms with E-state index in [1.165, 1.54) is 24.9 Å². The van der Waals surface area contributed by atoms with Crippen LogP contribution in [0.4, 0.5) is 23.1 Å². The Morgan fingerprint density at radius 1 is 1.22 bits per heavy atom. The van der Waals surface area contributed by atoms with Crippen molar-refractivity contribution in [2.24, 2.45) is 0 Å². The van der Waals surface area contributed by atoms with Crippen molar-refractivity contribution in [3.8, 4) is 5.75 Å². The molecule has 0 atom stereocenters. The third kappa shape index (κ3) is 5.36. The molecule has 1 aromatic carbocycles. The van der Waals surface area contributed by atoms with Crippen molar-refractivity contribution in [3.05, 3.63) is 30.0 Å². The average Bonchev–Trinajstić information content (AvgIpc) is 3.39. The van der Waals surface area contributed by atoms with E-state index in [2.05, 4.69) is 15.2 Å². The van der Waals surface area contributed by atoms with Crippen LogP contribution in [0.25, 0.3) is 0 Å². The molecule has 0 radical (unpaired) electrons. The van der Waals surface area contributed by atoms with E-state index in [1.54, 1.807) is 36.3 Å². The van der Waals surface area contributed by atoms with Crippen LogP contribution in [0.15, 0.2) is 24.4 Å². The Morgan fingerprint density at radius 2 is 1.94 bits per heavy atom. The predicted octanol–water partition coefficient (Wildman–Crippen LogP) is 1.77. The lowest BCUT2D eigenvalue weighted by atomic mass is 10.1. The minimum Gasteiger partial charge on any atom is -0.495 e. The highest BCUT2D eigenvalue weighted by molar-refractivity contribution is 5.97. The Morgan fingerprint density at radius 3 is 2.61 bits per heavy atom. The van der Waals surface area contributed by atoms with Crippen molar-refractivity contribution in [1.29, 1.82) is 0 Å². The summed E-state index contributed by atoms with van der Waals surface area (Å²) in [5, 5.41) is 21.7. The highest BCUT2D eigenvalue weighted by atomic mass is 16.5. The molecule has 4 rings (SSSR count). The number of aliphatic hydroxyl groups is 2. The van der Waals surface area contributed by atoms with Gasteiger partial charge in [0.2, 0.25) is 11.9 Å². The van der Waals surface area contributed by atoms with Crippen LogP contribution in [0.3, 0.4) is 0 Å². The maximum Gasteiger partial charge on any atom is 0.254 e. The number of ether oxygens (including phenoxy) is 1. The summed E-state index contributed by atoms with van der Waals surface area (Å²) in [5.74, 6) is 1.25. The third-order valence-corrected chi connectivity index (χ3v) is 6.81. The fraction of sp³-hybridized carbons (Fsp3) is 0.520. The predicted molar refractivity (Wildman–Crippen MR) is 136 cm³/mol. The molecule has 194 valence electrons. The van der Waals surface area contributed by atoms with Gasteiger partial charge in [0, 0.05) is 44.7 Å². The zero-order chi connectivity index (χ0) is 25.7. The van der Waals surface area contributed by atoms with E-state index in [1.807, 2.05) is 0 Å². The molecule has 3 N–H and O–H groups in total. The second-order valence-corrected chi connectivity index (χ2v) is 9.02. The number of hydrogen-bond acceptors (Lipinski definition) is 9. The van der Waals surface area contributed by atoms with E-state index in [9.17, 15) is 19.8 Å². The number of anilines is 4. The van der Waals surface area contributed by atoms with Gasteiger partial charge < -0.3 is 35.0 Å². The van der Waals surface area contributed by atoms with E-state index in [4.69, 9.17) is 9.72 Å². The Kier molecular flexibility index (Phi) is 8.21. The lowest BCUT2D eigenvalue weighted by Gasteiger charge is -2.30. The number of carbonyl (C=O) groups excluding carboxylic acids is 2. The first kappa shape index (κ1) is 25.6. The zero-order valence-corrected chi connectivity index (χ0v) is 20.8. The third-order valence-electron chi connectivity index (χ3n) is 6.81. The quantitative estimate of drug-likeness (QED) is 0.473. The SMILES string of the molecule is COc1cc(C(=O)N(CCO)CCO)ccc1Nc1ncc2c(n1)N(C1CCCC1)CCC(=O)N2C. The fourth-order valence-electron chi connectivity index (χ4n) is 4.86. The van der Waals surface area contributed by atoms with Gasteiger partial charge in [-0.25, -0.2) is 4.98 Å². The molecule has 0 spiro atoms. The number of amides is 2.